The molecule has 1 aromatic rings. The van der Waals surface area contributed by atoms with Gasteiger partial charge in [-0.2, -0.15) is 0 Å². The van der Waals surface area contributed by atoms with Gasteiger partial charge in [-0.15, -0.1) is 0 Å². The third kappa shape index (κ3) is 4.31. The molecule has 0 radical (unpaired) electrons. The lowest BCUT2D eigenvalue weighted by Crippen LogP contribution is -2.48. The number of nitrogens with one attached hydrogen (secondary N) is 2. The second kappa shape index (κ2) is 6.00. The van der Waals surface area contributed by atoms with E-state index in [-0.39, 0.29) is 22.1 Å². The molecule has 0 saturated heterocycles. The summed E-state index contributed by atoms with van der Waals surface area (Å²) in [5.41, 5.74) is -0.495. The minimum atomic E-state index is -0.713. The first-order valence-corrected chi connectivity index (χ1v) is 6.22. The Morgan fingerprint density at radius 1 is 1.30 bits per heavy atom. The number of carbonyl (C=O) groups excluding carboxylic acids is 2. The number of halogens is 1. The quantitative estimate of drug-likeness (QED) is 0.782. The minimum absolute atomic E-state index is 0.0194. The molecule has 20 heavy (non-hydrogen) atoms. The largest absolute Gasteiger partial charge is 0.504 e. The monoisotopic (exact) mass is 300 g/mol. The molecular weight excluding hydrogens is 284 g/mol. The summed E-state index contributed by atoms with van der Waals surface area (Å²) in [6.07, 6.45) is 0. The number of rotatable bonds is 2. The highest BCUT2D eigenvalue weighted by Crippen LogP contribution is 2.32. The summed E-state index contributed by atoms with van der Waals surface area (Å²) < 4.78 is 4.86. The Morgan fingerprint density at radius 3 is 2.40 bits per heavy atom. The van der Waals surface area contributed by atoms with Crippen LogP contribution in [0.4, 0.5) is 4.79 Å². The molecule has 0 heterocycles. The Morgan fingerprint density at radius 2 is 1.90 bits per heavy atom. The first kappa shape index (κ1) is 16.1. The predicted molar refractivity (Wildman–Crippen MR) is 75.4 cm³/mol. The molecule has 6 nitrogen and oxygen atoms in total. The molecule has 3 N–H and O–H groups in total. The summed E-state index contributed by atoms with van der Waals surface area (Å²) in [7, 11) is 1.36. The highest BCUT2D eigenvalue weighted by atomic mass is 35.5. The van der Waals surface area contributed by atoms with Crippen molar-refractivity contribution in [1.29, 1.82) is 0 Å². The molecule has 0 fully saturated rings. The van der Waals surface area contributed by atoms with E-state index in [4.69, 9.17) is 16.3 Å². The number of hydrogen-bond donors (Lipinski definition) is 3. The Bertz CT molecular complexity index is 538. The Hall–Kier alpha value is -1.95. The number of hydrogen-bond acceptors (Lipinski definition) is 4. The van der Waals surface area contributed by atoms with Crippen LogP contribution in [0.15, 0.2) is 12.1 Å². The van der Waals surface area contributed by atoms with Gasteiger partial charge >= 0.3 is 6.03 Å². The second-order valence-corrected chi connectivity index (χ2v) is 5.57. The number of aromatic hydroxyl groups is 1. The number of urea groups is 1. The number of imide groups is 1. The number of benzene rings is 1. The topological polar surface area (TPSA) is 87.7 Å². The van der Waals surface area contributed by atoms with E-state index >= 15 is 0 Å². The van der Waals surface area contributed by atoms with Crippen molar-refractivity contribution in [1.82, 2.24) is 10.6 Å². The third-order valence-corrected chi connectivity index (χ3v) is 2.54. The van der Waals surface area contributed by atoms with Crippen molar-refractivity contribution >= 4 is 23.5 Å². The third-order valence-electron chi connectivity index (χ3n) is 2.23. The number of phenols is 1. The van der Waals surface area contributed by atoms with Crippen LogP contribution in [0.25, 0.3) is 0 Å². The molecule has 3 amide bonds. The van der Waals surface area contributed by atoms with Crippen LogP contribution in [0.3, 0.4) is 0 Å². The molecule has 0 atom stereocenters. The summed E-state index contributed by atoms with van der Waals surface area (Å²) in [4.78, 5) is 23.5. The van der Waals surface area contributed by atoms with E-state index in [1.54, 1.807) is 20.8 Å². The minimum Gasteiger partial charge on any atom is -0.504 e. The molecule has 0 bridgehead atoms. The number of methoxy groups -OCH3 is 1. The van der Waals surface area contributed by atoms with E-state index in [0.29, 0.717) is 0 Å². The van der Waals surface area contributed by atoms with Crippen LogP contribution >= 0.6 is 11.6 Å². The van der Waals surface area contributed by atoms with E-state index in [1.807, 2.05) is 0 Å². The Labute approximate surface area is 122 Å². The van der Waals surface area contributed by atoms with Gasteiger partial charge in [-0.05, 0) is 26.8 Å². The maximum Gasteiger partial charge on any atom is 0.322 e. The summed E-state index contributed by atoms with van der Waals surface area (Å²) in [5, 5.41) is 14.4. The van der Waals surface area contributed by atoms with Crippen LogP contribution in [-0.4, -0.2) is 29.7 Å². The average molecular weight is 301 g/mol. The van der Waals surface area contributed by atoms with Gasteiger partial charge in [0.05, 0.1) is 17.7 Å². The van der Waals surface area contributed by atoms with Gasteiger partial charge in [0.2, 0.25) is 0 Å². The van der Waals surface area contributed by atoms with E-state index in [2.05, 4.69) is 10.6 Å². The van der Waals surface area contributed by atoms with Crippen molar-refractivity contribution < 1.29 is 19.4 Å². The normalized spacial score (nSPS) is 10.8. The number of amides is 3. The van der Waals surface area contributed by atoms with Crippen molar-refractivity contribution in [2.75, 3.05) is 7.11 Å². The second-order valence-electron chi connectivity index (χ2n) is 5.16. The molecule has 0 spiro atoms. The van der Waals surface area contributed by atoms with Gasteiger partial charge in [-0.25, -0.2) is 4.79 Å². The molecule has 0 saturated carbocycles. The number of carbonyl (C=O) groups is 2. The zero-order valence-corrected chi connectivity index (χ0v) is 12.5. The SMILES string of the molecule is COc1cc(Cl)c(C(=O)NC(=O)NC(C)(C)C)cc1O. The first-order valence-electron chi connectivity index (χ1n) is 5.84. The molecule has 1 aromatic carbocycles. The van der Waals surface area contributed by atoms with Gasteiger partial charge in [0.15, 0.2) is 11.5 Å². The van der Waals surface area contributed by atoms with Crippen molar-refractivity contribution in [2.24, 2.45) is 0 Å². The van der Waals surface area contributed by atoms with Gasteiger partial charge in [0.1, 0.15) is 0 Å². The number of phenolic OH excluding ortho intramolecular Hbond substituents is 1. The molecular formula is C13H17ClN2O4. The summed E-state index contributed by atoms with van der Waals surface area (Å²) >= 11 is 5.91. The molecule has 1 rings (SSSR count). The van der Waals surface area contributed by atoms with Gasteiger partial charge in [0, 0.05) is 11.6 Å². The van der Waals surface area contributed by atoms with Crippen LogP contribution in [0.5, 0.6) is 11.5 Å². The zero-order valence-electron chi connectivity index (χ0n) is 11.7. The van der Waals surface area contributed by atoms with Gasteiger partial charge in [-0.3, -0.25) is 10.1 Å². The van der Waals surface area contributed by atoms with Gasteiger partial charge in [-0.1, -0.05) is 11.6 Å². The molecule has 0 aliphatic carbocycles. The van der Waals surface area contributed by atoms with Crippen molar-refractivity contribution in [3.8, 4) is 11.5 Å². The summed E-state index contributed by atoms with van der Waals surface area (Å²) in [5.74, 6) is -0.807. The predicted octanol–water partition coefficient (Wildman–Crippen LogP) is 2.29. The lowest BCUT2D eigenvalue weighted by molar-refractivity contribution is 0.0962. The lowest BCUT2D eigenvalue weighted by Gasteiger charge is -2.20. The maximum absolute atomic E-state index is 11.9. The fourth-order valence-corrected chi connectivity index (χ4v) is 1.66. The van der Waals surface area contributed by atoms with Gasteiger partial charge in [0.25, 0.3) is 5.91 Å². The molecule has 7 heteroatoms. The van der Waals surface area contributed by atoms with E-state index in [0.717, 1.165) is 6.07 Å². The van der Waals surface area contributed by atoms with Crippen LogP contribution in [0.1, 0.15) is 31.1 Å². The van der Waals surface area contributed by atoms with Crippen molar-refractivity contribution in [2.45, 2.75) is 26.3 Å². The van der Waals surface area contributed by atoms with Crippen LogP contribution in [0.2, 0.25) is 5.02 Å². The van der Waals surface area contributed by atoms with Crippen LogP contribution < -0.4 is 15.4 Å². The molecule has 0 unspecified atom stereocenters. The zero-order chi connectivity index (χ0) is 15.5. The summed E-state index contributed by atoms with van der Waals surface area (Å²) in [6.45, 7) is 5.34. The van der Waals surface area contributed by atoms with Crippen LogP contribution in [0, 0.1) is 0 Å². The van der Waals surface area contributed by atoms with Gasteiger partial charge < -0.3 is 15.2 Å². The van der Waals surface area contributed by atoms with Crippen molar-refractivity contribution in [3.05, 3.63) is 22.7 Å². The van der Waals surface area contributed by atoms with E-state index in [9.17, 15) is 14.7 Å². The smallest absolute Gasteiger partial charge is 0.322 e. The molecule has 110 valence electrons. The average Bonchev–Trinajstić information content (AvgIpc) is 2.28. The highest BCUT2D eigenvalue weighted by Gasteiger charge is 2.19. The first-order chi connectivity index (χ1) is 9.14. The maximum atomic E-state index is 11.9. The number of ether oxygens (including phenoxy) is 1. The highest BCUT2D eigenvalue weighted by molar-refractivity contribution is 6.34. The van der Waals surface area contributed by atoms with Crippen LogP contribution in [-0.2, 0) is 0 Å². The van der Waals surface area contributed by atoms with Crippen molar-refractivity contribution in [3.63, 3.8) is 0 Å². The van der Waals surface area contributed by atoms with E-state index < -0.39 is 17.5 Å². The Balaban J connectivity index is 2.88. The molecule has 0 aliphatic rings. The fourth-order valence-electron chi connectivity index (χ4n) is 1.42. The Kier molecular flexibility index (Phi) is 4.83. The van der Waals surface area contributed by atoms with E-state index in [1.165, 1.54) is 13.2 Å². The molecule has 0 aromatic heterocycles. The lowest BCUT2D eigenvalue weighted by atomic mass is 10.1. The standard InChI is InChI=1S/C13H17ClN2O4/c1-13(2,3)16-12(19)15-11(18)7-5-9(17)10(20-4)6-8(7)14/h5-6,17H,1-4H3,(H2,15,16,18,19). The molecule has 0 aliphatic heterocycles. The summed E-state index contributed by atoms with van der Waals surface area (Å²) in [6, 6.07) is 1.79. The fraction of sp³-hybridized carbons (Fsp3) is 0.385.